The van der Waals surface area contributed by atoms with Crippen molar-refractivity contribution in [1.82, 2.24) is 19.6 Å². The number of non-ortho nitro benzene ring substituents is 1. The maximum Gasteiger partial charge on any atom is 0.409 e. The van der Waals surface area contributed by atoms with E-state index in [1.807, 2.05) is 0 Å². The van der Waals surface area contributed by atoms with Crippen LogP contribution in [0.1, 0.15) is 31.1 Å². The van der Waals surface area contributed by atoms with Crippen LogP contribution in [0.25, 0.3) is 6.08 Å². The van der Waals surface area contributed by atoms with Crippen LogP contribution >= 0.6 is 0 Å². The SMILES string of the molecule is CCOC(=O)N1CCN(C(=O)C(C)n2cc(NC(=O)/C=C/c3cccc([N+](=O)[O-])c3)c(C)n2)CC1. The highest BCUT2D eigenvalue weighted by Gasteiger charge is 2.29. The Morgan fingerprint density at radius 3 is 2.57 bits per heavy atom. The van der Waals surface area contributed by atoms with Gasteiger partial charge in [-0.05, 0) is 32.4 Å². The van der Waals surface area contributed by atoms with Crippen molar-refractivity contribution in [3.63, 3.8) is 0 Å². The van der Waals surface area contributed by atoms with Gasteiger partial charge in [-0.3, -0.25) is 24.4 Å². The van der Waals surface area contributed by atoms with Crippen molar-refractivity contribution in [2.75, 3.05) is 38.1 Å². The molecular weight excluding hydrogens is 456 g/mol. The van der Waals surface area contributed by atoms with Gasteiger partial charge in [-0.2, -0.15) is 5.10 Å². The van der Waals surface area contributed by atoms with E-state index < -0.39 is 16.9 Å². The number of anilines is 1. The Labute approximate surface area is 202 Å². The fraction of sp³-hybridized carbons (Fsp3) is 0.391. The third-order valence-electron chi connectivity index (χ3n) is 5.55. The first-order valence-electron chi connectivity index (χ1n) is 11.2. The lowest BCUT2D eigenvalue weighted by Crippen LogP contribution is -2.52. The summed E-state index contributed by atoms with van der Waals surface area (Å²) in [5.74, 6) is -0.576. The van der Waals surface area contributed by atoms with Crippen molar-refractivity contribution in [2.45, 2.75) is 26.8 Å². The third-order valence-corrected chi connectivity index (χ3v) is 5.55. The van der Waals surface area contributed by atoms with E-state index >= 15 is 0 Å². The van der Waals surface area contributed by atoms with E-state index in [0.717, 1.165) is 0 Å². The van der Waals surface area contributed by atoms with Gasteiger partial charge in [0.05, 0.1) is 22.9 Å². The number of rotatable bonds is 7. The van der Waals surface area contributed by atoms with Gasteiger partial charge in [0.15, 0.2) is 0 Å². The summed E-state index contributed by atoms with van der Waals surface area (Å²) in [6.07, 6.45) is 3.96. The number of nitrogens with one attached hydrogen (secondary N) is 1. The summed E-state index contributed by atoms with van der Waals surface area (Å²) in [6, 6.07) is 5.33. The molecule has 0 aliphatic carbocycles. The molecule has 1 aliphatic heterocycles. The number of carbonyl (C=O) groups excluding carboxylic acids is 3. The first-order valence-corrected chi connectivity index (χ1v) is 11.2. The average Bonchev–Trinajstić information content (AvgIpc) is 3.22. The lowest BCUT2D eigenvalue weighted by molar-refractivity contribution is -0.384. The maximum atomic E-state index is 13.0. The Bertz CT molecular complexity index is 1140. The van der Waals surface area contributed by atoms with Crippen molar-refractivity contribution >= 4 is 35.4 Å². The summed E-state index contributed by atoms with van der Waals surface area (Å²) in [4.78, 5) is 50.8. The molecule has 1 atom stereocenters. The third kappa shape index (κ3) is 6.43. The molecule has 1 aromatic heterocycles. The number of hydrogen-bond acceptors (Lipinski definition) is 7. The van der Waals surface area contributed by atoms with Crippen LogP contribution in [0.3, 0.4) is 0 Å². The minimum atomic E-state index is -0.603. The molecule has 1 N–H and O–H groups in total. The Balaban J connectivity index is 1.59. The second-order valence-electron chi connectivity index (χ2n) is 7.97. The Morgan fingerprint density at radius 2 is 1.91 bits per heavy atom. The van der Waals surface area contributed by atoms with Gasteiger partial charge < -0.3 is 19.9 Å². The van der Waals surface area contributed by atoms with Crippen LogP contribution in [0.5, 0.6) is 0 Å². The van der Waals surface area contributed by atoms with Crippen molar-refractivity contribution in [3.05, 3.63) is 57.9 Å². The van der Waals surface area contributed by atoms with E-state index in [2.05, 4.69) is 10.4 Å². The summed E-state index contributed by atoms with van der Waals surface area (Å²) in [6.45, 7) is 7.07. The second-order valence-corrected chi connectivity index (χ2v) is 7.97. The lowest BCUT2D eigenvalue weighted by atomic mass is 10.2. The molecule has 0 radical (unpaired) electrons. The molecule has 35 heavy (non-hydrogen) atoms. The van der Waals surface area contributed by atoms with E-state index in [0.29, 0.717) is 49.7 Å². The molecule has 1 aliphatic rings. The van der Waals surface area contributed by atoms with Crippen LogP contribution in [0, 0.1) is 17.0 Å². The van der Waals surface area contributed by atoms with E-state index in [1.54, 1.807) is 48.9 Å². The van der Waals surface area contributed by atoms with Crippen molar-refractivity contribution in [1.29, 1.82) is 0 Å². The van der Waals surface area contributed by atoms with Crippen LogP contribution < -0.4 is 5.32 Å². The highest BCUT2D eigenvalue weighted by atomic mass is 16.6. The number of ether oxygens (including phenoxy) is 1. The molecule has 1 saturated heterocycles. The van der Waals surface area contributed by atoms with Crippen molar-refractivity contribution in [2.24, 2.45) is 0 Å². The monoisotopic (exact) mass is 484 g/mol. The van der Waals surface area contributed by atoms with Gasteiger partial charge in [-0.25, -0.2) is 4.79 Å². The minimum Gasteiger partial charge on any atom is -0.450 e. The molecule has 186 valence electrons. The molecule has 1 aromatic carbocycles. The van der Waals surface area contributed by atoms with Gasteiger partial charge in [0.2, 0.25) is 11.8 Å². The molecule has 3 rings (SSSR count). The number of piperazine rings is 1. The van der Waals surface area contributed by atoms with Crippen LogP contribution in [0.15, 0.2) is 36.5 Å². The molecule has 2 heterocycles. The second kappa shape index (κ2) is 11.3. The van der Waals surface area contributed by atoms with Crippen molar-refractivity contribution < 1.29 is 24.0 Å². The number of amides is 3. The first-order chi connectivity index (χ1) is 16.7. The quantitative estimate of drug-likeness (QED) is 0.362. The van der Waals surface area contributed by atoms with Crippen LogP contribution in [0.2, 0.25) is 0 Å². The van der Waals surface area contributed by atoms with Gasteiger partial charge in [0.1, 0.15) is 6.04 Å². The number of nitro benzene ring substituents is 1. The molecule has 0 saturated carbocycles. The summed E-state index contributed by atoms with van der Waals surface area (Å²) < 4.78 is 6.50. The van der Waals surface area contributed by atoms with E-state index in [1.165, 1.54) is 29.0 Å². The van der Waals surface area contributed by atoms with Gasteiger partial charge in [0.25, 0.3) is 5.69 Å². The molecular formula is C23H28N6O6. The topological polar surface area (TPSA) is 140 Å². The smallest absolute Gasteiger partial charge is 0.409 e. The summed E-state index contributed by atoms with van der Waals surface area (Å²) in [5, 5.41) is 18.0. The Kier molecular flexibility index (Phi) is 8.18. The van der Waals surface area contributed by atoms with Gasteiger partial charge in [-0.1, -0.05) is 12.1 Å². The summed E-state index contributed by atoms with van der Waals surface area (Å²) in [7, 11) is 0. The lowest BCUT2D eigenvalue weighted by Gasteiger charge is -2.35. The standard InChI is InChI=1S/C23H28N6O6/c1-4-35-23(32)27-12-10-26(11-13-27)22(31)17(3)28-15-20(16(2)25-28)24-21(30)9-8-18-6-5-7-19(14-18)29(33)34/h5-9,14-15,17H,4,10-13H2,1-3H3,(H,24,30)/b9-8+. The number of aryl methyl sites for hydroxylation is 1. The minimum absolute atomic E-state index is 0.0642. The zero-order valence-electron chi connectivity index (χ0n) is 19.8. The number of nitrogens with zero attached hydrogens (tertiary/aromatic N) is 5. The molecule has 12 nitrogen and oxygen atoms in total. The summed E-state index contributed by atoms with van der Waals surface area (Å²) >= 11 is 0. The zero-order valence-corrected chi connectivity index (χ0v) is 19.8. The van der Waals surface area contributed by atoms with Gasteiger partial charge >= 0.3 is 6.09 Å². The maximum absolute atomic E-state index is 13.0. The molecule has 0 spiro atoms. The predicted molar refractivity (Wildman–Crippen MR) is 128 cm³/mol. The average molecular weight is 485 g/mol. The molecule has 1 unspecified atom stereocenters. The molecule has 2 aromatic rings. The summed E-state index contributed by atoms with van der Waals surface area (Å²) in [5.41, 5.74) is 1.44. The molecule has 0 bridgehead atoms. The van der Waals surface area contributed by atoms with E-state index in [4.69, 9.17) is 4.74 Å². The highest BCUT2D eigenvalue weighted by molar-refractivity contribution is 6.02. The van der Waals surface area contributed by atoms with Crippen LogP contribution in [0.4, 0.5) is 16.2 Å². The molecule has 1 fully saturated rings. The fourth-order valence-electron chi connectivity index (χ4n) is 3.59. The molecule has 12 heteroatoms. The normalized spacial score (nSPS) is 14.6. The zero-order chi connectivity index (χ0) is 25.5. The highest BCUT2D eigenvalue weighted by Crippen LogP contribution is 2.19. The number of nitro groups is 1. The van der Waals surface area contributed by atoms with Gasteiger partial charge in [-0.15, -0.1) is 0 Å². The fourth-order valence-corrected chi connectivity index (χ4v) is 3.59. The largest absolute Gasteiger partial charge is 0.450 e. The molecule has 3 amide bonds. The first kappa shape index (κ1) is 25.4. The van der Waals surface area contributed by atoms with E-state index in [-0.39, 0.29) is 17.7 Å². The Hall–Kier alpha value is -4.22. The number of benzene rings is 1. The van der Waals surface area contributed by atoms with Gasteiger partial charge in [0, 0.05) is 50.6 Å². The number of aromatic nitrogens is 2. The van der Waals surface area contributed by atoms with E-state index in [9.17, 15) is 24.5 Å². The number of hydrogen-bond donors (Lipinski definition) is 1. The van der Waals surface area contributed by atoms with Crippen molar-refractivity contribution in [3.8, 4) is 0 Å². The number of carbonyl (C=O) groups is 3. The van der Waals surface area contributed by atoms with Crippen LogP contribution in [-0.2, 0) is 14.3 Å². The van der Waals surface area contributed by atoms with Crippen LogP contribution in [-0.4, -0.2) is 75.2 Å². The predicted octanol–water partition coefficient (Wildman–Crippen LogP) is 2.61. The Morgan fingerprint density at radius 1 is 1.23 bits per heavy atom.